The molecule has 0 saturated heterocycles. The minimum Gasteiger partial charge on any atom is -0.342 e. The summed E-state index contributed by atoms with van der Waals surface area (Å²) in [6.45, 7) is 3.90. The van der Waals surface area contributed by atoms with Crippen molar-refractivity contribution in [1.82, 2.24) is 20.1 Å². The standard InChI is InChI=1S/C22H22Cl2FN5O2S/c1-12(2)19(27-21(32)16-9-4-13(23)10-17(16)24)20-28-29-22(30(20)3)33-11-18(31)26-15-7-5-14(25)6-8-15/h4-10,12,19H,11H2,1-3H3,(H,26,31)(H,27,32)/t19-/m0/s1. The summed E-state index contributed by atoms with van der Waals surface area (Å²) in [5.74, 6) is -0.359. The van der Waals surface area contributed by atoms with E-state index in [1.54, 1.807) is 23.7 Å². The molecule has 0 bridgehead atoms. The fourth-order valence-corrected chi connectivity index (χ4v) is 4.22. The molecule has 0 fully saturated rings. The average Bonchev–Trinajstić information content (AvgIpc) is 3.11. The zero-order valence-electron chi connectivity index (χ0n) is 18.1. The Bertz CT molecular complexity index is 1150. The summed E-state index contributed by atoms with van der Waals surface area (Å²) in [6.07, 6.45) is 0. The molecular formula is C22H22Cl2FN5O2S. The third-order valence-electron chi connectivity index (χ3n) is 4.74. The summed E-state index contributed by atoms with van der Waals surface area (Å²) >= 11 is 13.3. The van der Waals surface area contributed by atoms with Gasteiger partial charge < -0.3 is 15.2 Å². The lowest BCUT2D eigenvalue weighted by molar-refractivity contribution is -0.113. The number of hydrogen-bond acceptors (Lipinski definition) is 5. The summed E-state index contributed by atoms with van der Waals surface area (Å²) in [5.41, 5.74) is 0.810. The van der Waals surface area contributed by atoms with Gasteiger partial charge in [0, 0.05) is 17.8 Å². The summed E-state index contributed by atoms with van der Waals surface area (Å²) < 4.78 is 14.7. The van der Waals surface area contributed by atoms with Gasteiger partial charge in [-0.05, 0) is 48.4 Å². The van der Waals surface area contributed by atoms with Crippen molar-refractivity contribution < 1.29 is 14.0 Å². The second kappa shape index (κ2) is 11.0. The quantitative estimate of drug-likeness (QED) is 0.411. The number of carbonyl (C=O) groups is 2. The first-order chi connectivity index (χ1) is 15.7. The molecule has 2 N–H and O–H groups in total. The van der Waals surface area contributed by atoms with Crippen molar-refractivity contribution in [3.63, 3.8) is 0 Å². The molecule has 0 aliphatic heterocycles. The first-order valence-electron chi connectivity index (χ1n) is 9.99. The number of nitrogens with one attached hydrogen (secondary N) is 2. The van der Waals surface area contributed by atoms with Crippen molar-refractivity contribution in [2.45, 2.75) is 25.0 Å². The molecule has 2 aromatic carbocycles. The Labute approximate surface area is 205 Å². The van der Waals surface area contributed by atoms with Gasteiger partial charge in [-0.3, -0.25) is 9.59 Å². The molecule has 7 nitrogen and oxygen atoms in total. The fourth-order valence-electron chi connectivity index (χ4n) is 3.01. The maximum atomic E-state index is 13.0. The van der Waals surface area contributed by atoms with Crippen molar-refractivity contribution in [2.24, 2.45) is 13.0 Å². The van der Waals surface area contributed by atoms with Crippen LogP contribution in [0.15, 0.2) is 47.6 Å². The van der Waals surface area contributed by atoms with E-state index in [0.29, 0.717) is 27.3 Å². The number of halogens is 3. The monoisotopic (exact) mass is 509 g/mol. The van der Waals surface area contributed by atoms with Gasteiger partial charge in [0.15, 0.2) is 11.0 Å². The van der Waals surface area contributed by atoms with Gasteiger partial charge in [-0.25, -0.2) is 4.39 Å². The van der Waals surface area contributed by atoms with Gasteiger partial charge in [0.1, 0.15) is 5.82 Å². The van der Waals surface area contributed by atoms with Crippen LogP contribution in [0.25, 0.3) is 0 Å². The highest BCUT2D eigenvalue weighted by Gasteiger charge is 2.26. The van der Waals surface area contributed by atoms with Crippen molar-refractivity contribution in [2.75, 3.05) is 11.1 Å². The molecule has 3 rings (SSSR count). The van der Waals surface area contributed by atoms with E-state index in [-0.39, 0.29) is 34.3 Å². The molecule has 1 heterocycles. The minimum absolute atomic E-state index is 0.00236. The molecule has 0 saturated carbocycles. The van der Waals surface area contributed by atoms with E-state index in [9.17, 15) is 14.0 Å². The van der Waals surface area contributed by atoms with E-state index in [4.69, 9.17) is 23.2 Å². The van der Waals surface area contributed by atoms with E-state index < -0.39 is 6.04 Å². The van der Waals surface area contributed by atoms with Crippen LogP contribution in [-0.2, 0) is 11.8 Å². The molecule has 0 radical (unpaired) electrons. The van der Waals surface area contributed by atoms with Gasteiger partial charge in [-0.15, -0.1) is 10.2 Å². The molecule has 0 aliphatic carbocycles. The van der Waals surface area contributed by atoms with Gasteiger partial charge in [-0.2, -0.15) is 0 Å². The topological polar surface area (TPSA) is 88.9 Å². The molecule has 0 aliphatic rings. The van der Waals surface area contributed by atoms with Crippen molar-refractivity contribution in [1.29, 1.82) is 0 Å². The van der Waals surface area contributed by atoms with Crippen molar-refractivity contribution in [3.05, 3.63) is 69.7 Å². The first kappa shape index (κ1) is 25.0. The van der Waals surface area contributed by atoms with Gasteiger partial charge in [0.25, 0.3) is 5.91 Å². The van der Waals surface area contributed by atoms with Crippen molar-refractivity contribution >= 4 is 52.5 Å². The van der Waals surface area contributed by atoms with Gasteiger partial charge in [-0.1, -0.05) is 48.8 Å². The smallest absolute Gasteiger partial charge is 0.253 e. The molecule has 0 unspecified atom stereocenters. The SMILES string of the molecule is CC(C)[C@H](NC(=O)c1ccc(Cl)cc1Cl)c1nnc(SCC(=O)Nc2ccc(F)cc2)n1C. The minimum atomic E-state index is -0.441. The van der Waals surface area contributed by atoms with Crippen LogP contribution < -0.4 is 10.6 Å². The Morgan fingerprint density at radius 2 is 1.82 bits per heavy atom. The lowest BCUT2D eigenvalue weighted by Gasteiger charge is -2.22. The second-order valence-corrected chi connectivity index (χ2v) is 9.35. The summed E-state index contributed by atoms with van der Waals surface area (Å²) in [6, 6.07) is 9.75. The van der Waals surface area contributed by atoms with Crippen LogP contribution >= 0.6 is 35.0 Å². The van der Waals surface area contributed by atoms with Crippen LogP contribution in [0, 0.1) is 11.7 Å². The number of thioether (sulfide) groups is 1. The van der Waals surface area contributed by atoms with E-state index in [0.717, 1.165) is 0 Å². The molecule has 1 aromatic heterocycles. The van der Waals surface area contributed by atoms with Gasteiger partial charge >= 0.3 is 0 Å². The van der Waals surface area contributed by atoms with Crippen molar-refractivity contribution in [3.8, 4) is 0 Å². The Hall–Kier alpha value is -2.62. The highest BCUT2D eigenvalue weighted by atomic mass is 35.5. The van der Waals surface area contributed by atoms with Gasteiger partial charge in [0.05, 0.1) is 22.4 Å². The number of benzene rings is 2. The second-order valence-electron chi connectivity index (χ2n) is 7.56. The number of aromatic nitrogens is 3. The van der Waals surface area contributed by atoms with Crippen LogP contribution in [0.3, 0.4) is 0 Å². The average molecular weight is 510 g/mol. The Morgan fingerprint density at radius 3 is 2.45 bits per heavy atom. The molecule has 0 spiro atoms. The highest BCUT2D eigenvalue weighted by Crippen LogP contribution is 2.26. The Kier molecular flexibility index (Phi) is 8.34. The number of carbonyl (C=O) groups excluding carboxylic acids is 2. The van der Waals surface area contributed by atoms with Crippen LogP contribution in [0.4, 0.5) is 10.1 Å². The maximum absolute atomic E-state index is 13.0. The van der Waals surface area contributed by atoms with Crippen LogP contribution in [0.5, 0.6) is 0 Å². The van der Waals surface area contributed by atoms with Crippen LogP contribution in [0.2, 0.25) is 10.0 Å². The van der Waals surface area contributed by atoms with Gasteiger partial charge in [0.2, 0.25) is 5.91 Å². The van der Waals surface area contributed by atoms with E-state index >= 15 is 0 Å². The maximum Gasteiger partial charge on any atom is 0.253 e. The summed E-state index contributed by atoms with van der Waals surface area (Å²) in [5, 5.41) is 15.3. The Balaban J connectivity index is 1.67. The molecular weight excluding hydrogens is 488 g/mol. The predicted molar refractivity (Wildman–Crippen MR) is 128 cm³/mol. The molecule has 1 atom stereocenters. The number of rotatable bonds is 8. The van der Waals surface area contributed by atoms with E-state index in [1.165, 1.54) is 42.1 Å². The van der Waals surface area contributed by atoms with Crippen LogP contribution in [0.1, 0.15) is 36.1 Å². The van der Waals surface area contributed by atoms with E-state index in [1.807, 2.05) is 13.8 Å². The zero-order chi connectivity index (χ0) is 24.1. The molecule has 11 heteroatoms. The molecule has 174 valence electrons. The summed E-state index contributed by atoms with van der Waals surface area (Å²) in [7, 11) is 1.77. The highest BCUT2D eigenvalue weighted by molar-refractivity contribution is 7.99. The normalized spacial score (nSPS) is 12.0. The number of anilines is 1. The third kappa shape index (κ3) is 6.46. The largest absolute Gasteiger partial charge is 0.342 e. The van der Waals surface area contributed by atoms with Crippen LogP contribution in [-0.4, -0.2) is 32.3 Å². The molecule has 2 amide bonds. The Morgan fingerprint density at radius 1 is 1.12 bits per heavy atom. The number of amides is 2. The summed E-state index contributed by atoms with van der Waals surface area (Å²) in [4.78, 5) is 25.0. The lowest BCUT2D eigenvalue weighted by atomic mass is 10.0. The molecule has 3 aromatic rings. The predicted octanol–water partition coefficient (Wildman–Crippen LogP) is 5.12. The lowest BCUT2D eigenvalue weighted by Crippen LogP contribution is -2.33. The number of nitrogens with zero attached hydrogens (tertiary/aromatic N) is 3. The van der Waals surface area contributed by atoms with E-state index in [2.05, 4.69) is 20.8 Å². The zero-order valence-corrected chi connectivity index (χ0v) is 20.4. The third-order valence-corrected chi connectivity index (χ3v) is 6.30. The molecule has 33 heavy (non-hydrogen) atoms. The first-order valence-corrected chi connectivity index (χ1v) is 11.7. The number of hydrogen-bond donors (Lipinski definition) is 2. The fraction of sp³-hybridized carbons (Fsp3) is 0.273.